The number of rotatable bonds is 7. The van der Waals surface area contributed by atoms with Gasteiger partial charge in [0.2, 0.25) is 17.6 Å². The fourth-order valence-corrected chi connectivity index (χ4v) is 3.08. The van der Waals surface area contributed by atoms with Gasteiger partial charge in [0.15, 0.2) is 5.65 Å². The molecule has 0 aliphatic carbocycles. The lowest BCUT2D eigenvalue weighted by atomic mass is 10.0. The van der Waals surface area contributed by atoms with Gasteiger partial charge >= 0.3 is 0 Å². The second kappa shape index (κ2) is 7.59. The van der Waals surface area contributed by atoms with Crippen LogP contribution in [0, 0.1) is 0 Å². The Kier molecular flexibility index (Phi) is 4.84. The number of hydrogen-bond acceptors (Lipinski definition) is 6. The summed E-state index contributed by atoms with van der Waals surface area (Å²) in [6, 6.07) is 11.4. The number of nitrogens with zero attached hydrogens (tertiary/aromatic N) is 5. The second-order valence-corrected chi connectivity index (χ2v) is 6.59. The molecule has 0 radical (unpaired) electrons. The number of aromatic nitrogens is 5. The monoisotopic (exact) mass is 376 g/mol. The Bertz CT molecular complexity index is 1080. The van der Waals surface area contributed by atoms with Crippen LogP contribution in [0.15, 0.2) is 53.3 Å². The number of carbonyl (C=O) groups excluding carboxylic acids is 1. The lowest BCUT2D eigenvalue weighted by Crippen LogP contribution is -2.21. The zero-order valence-electron chi connectivity index (χ0n) is 15.4. The van der Waals surface area contributed by atoms with Crippen molar-refractivity contribution in [2.45, 2.75) is 32.1 Å². The summed E-state index contributed by atoms with van der Waals surface area (Å²) in [5.41, 5.74) is 8.76. The average molecular weight is 376 g/mol. The normalized spacial score (nSPS) is 12.3. The summed E-state index contributed by atoms with van der Waals surface area (Å²) in [6.45, 7) is 2.05. The summed E-state index contributed by atoms with van der Waals surface area (Å²) in [4.78, 5) is 20.8. The molecule has 0 aliphatic heterocycles. The molecule has 0 fully saturated rings. The summed E-state index contributed by atoms with van der Waals surface area (Å²) in [6.07, 6.45) is 6.00. The first-order valence-electron chi connectivity index (χ1n) is 9.20. The SMILES string of the molecule is CCCCC(C(N)=O)c1nc(-c2cccc(-c3cn4ncccc4n3)c2)no1. The lowest BCUT2D eigenvalue weighted by molar-refractivity contribution is -0.120. The van der Waals surface area contributed by atoms with Crippen LogP contribution in [-0.2, 0) is 4.79 Å². The van der Waals surface area contributed by atoms with E-state index in [1.54, 1.807) is 10.7 Å². The van der Waals surface area contributed by atoms with Gasteiger partial charge < -0.3 is 10.3 Å². The van der Waals surface area contributed by atoms with E-state index in [0.29, 0.717) is 12.2 Å². The molecule has 8 nitrogen and oxygen atoms in total. The Morgan fingerprint density at radius 3 is 2.86 bits per heavy atom. The predicted octanol–water partition coefficient (Wildman–Crippen LogP) is 3.21. The molecule has 2 N–H and O–H groups in total. The molecule has 142 valence electrons. The van der Waals surface area contributed by atoms with Gasteiger partial charge in [-0.15, -0.1) is 0 Å². The van der Waals surface area contributed by atoms with Crippen LogP contribution in [0.2, 0.25) is 0 Å². The number of hydrogen-bond donors (Lipinski definition) is 1. The Morgan fingerprint density at radius 1 is 1.21 bits per heavy atom. The highest BCUT2D eigenvalue weighted by Crippen LogP contribution is 2.27. The van der Waals surface area contributed by atoms with Crippen LogP contribution < -0.4 is 5.73 Å². The highest BCUT2D eigenvalue weighted by molar-refractivity contribution is 5.80. The van der Waals surface area contributed by atoms with Crippen molar-refractivity contribution in [1.29, 1.82) is 0 Å². The molecule has 28 heavy (non-hydrogen) atoms. The van der Waals surface area contributed by atoms with Crippen molar-refractivity contribution < 1.29 is 9.32 Å². The number of amides is 1. The molecular weight excluding hydrogens is 356 g/mol. The molecule has 8 heteroatoms. The van der Waals surface area contributed by atoms with E-state index in [2.05, 4.69) is 27.1 Å². The molecule has 0 saturated heterocycles. The number of benzene rings is 1. The van der Waals surface area contributed by atoms with Crippen molar-refractivity contribution in [2.75, 3.05) is 0 Å². The van der Waals surface area contributed by atoms with Crippen LogP contribution in [-0.4, -0.2) is 30.6 Å². The highest BCUT2D eigenvalue weighted by atomic mass is 16.5. The van der Waals surface area contributed by atoms with Gasteiger partial charge in [-0.25, -0.2) is 9.50 Å². The van der Waals surface area contributed by atoms with Crippen LogP contribution in [0.4, 0.5) is 0 Å². The maximum absolute atomic E-state index is 11.8. The van der Waals surface area contributed by atoms with Gasteiger partial charge in [0.1, 0.15) is 5.92 Å². The number of fused-ring (bicyclic) bond motifs is 1. The molecule has 1 unspecified atom stereocenters. The van der Waals surface area contributed by atoms with Crippen LogP contribution in [0.3, 0.4) is 0 Å². The molecule has 1 atom stereocenters. The van der Waals surface area contributed by atoms with E-state index >= 15 is 0 Å². The number of unbranched alkanes of at least 4 members (excludes halogenated alkanes) is 1. The first-order chi connectivity index (χ1) is 13.7. The smallest absolute Gasteiger partial charge is 0.239 e. The van der Waals surface area contributed by atoms with E-state index in [4.69, 9.17) is 10.3 Å². The summed E-state index contributed by atoms with van der Waals surface area (Å²) in [7, 11) is 0. The third-order valence-corrected chi connectivity index (χ3v) is 4.58. The van der Waals surface area contributed by atoms with E-state index in [-0.39, 0.29) is 5.89 Å². The van der Waals surface area contributed by atoms with E-state index in [1.165, 1.54) is 0 Å². The van der Waals surface area contributed by atoms with E-state index in [1.807, 2.05) is 42.6 Å². The first-order valence-corrected chi connectivity index (χ1v) is 9.20. The molecule has 4 rings (SSSR count). The fourth-order valence-electron chi connectivity index (χ4n) is 3.08. The number of nitrogens with two attached hydrogens (primary N) is 1. The van der Waals surface area contributed by atoms with Crippen molar-refractivity contribution in [1.82, 2.24) is 24.7 Å². The maximum Gasteiger partial charge on any atom is 0.239 e. The van der Waals surface area contributed by atoms with Gasteiger partial charge in [-0.1, -0.05) is 43.1 Å². The number of primary amides is 1. The minimum Gasteiger partial charge on any atom is -0.369 e. The fraction of sp³-hybridized carbons (Fsp3) is 0.250. The summed E-state index contributed by atoms with van der Waals surface area (Å²) in [5, 5.41) is 8.29. The van der Waals surface area contributed by atoms with Crippen molar-refractivity contribution in [3.05, 3.63) is 54.7 Å². The number of carbonyl (C=O) groups is 1. The lowest BCUT2D eigenvalue weighted by Gasteiger charge is -2.06. The molecule has 3 heterocycles. The molecule has 4 aromatic rings. The largest absolute Gasteiger partial charge is 0.369 e. The summed E-state index contributed by atoms with van der Waals surface area (Å²) < 4.78 is 7.06. The maximum atomic E-state index is 11.8. The number of imidazole rings is 1. The predicted molar refractivity (Wildman–Crippen MR) is 103 cm³/mol. The Labute approximate surface area is 161 Å². The van der Waals surface area contributed by atoms with Gasteiger partial charge in [-0.05, 0) is 24.6 Å². The van der Waals surface area contributed by atoms with Gasteiger partial charge in [-0.3, -0.25) is 4.79 Å². The quantitative estimate of drug-likeness (QED) is 0.530. The molecule has 1 aromatic carbocycles. The topological polar surface area (TPSA) is 112 Å². The van der Waals surface area contributed by atoms with E-state index < -0.39 is 11.8 Å². The van der Waals surface area contributed by atoms with Crippen molar-refractivity contribution in [2.24, 2.45) is 5.73 Å². The minimum absolute atomic E-state index is 0.262. The van der Waals surface area contributed by atoms with Crippen LogP contribution in [0.25, 0.3) is 28.3 Å². The molecule has 3 aromatic heterocycles. The standard InChI is InChI=1S/C20H20N6O2/c1-2-3-8-15(18(21)27)20-24-19(25-28-20)14-7-4-6-13(11-14)16-12-26-17(23-16)9-5-10-22-26/h4-7,9-12,15H,2-3,8H2,1H3,(H2,21,27). The van der Waals surface area contributed by atoms with Gasteiger partial charge in [0, 0.05) is 17.3 Å². The van der Waals surface area contributed by atoms with Crippen LogP contribution in [0.5, 0.6) is 0 Å². The third kappa shape index (κ3) is 3.48. The Balaban J connectivity index is 1.64. The summed E-state index contributed by atoms with van der Waals surface area (Å²) in [5.74, 6) is -0.330. The van der Waals surface area contributed by atoms with Crippen molar-refractivity contribution >= 4 is 11.6 Å². The zero-order chi connectivity index (χ0) is 19.5. The van der Waals surface area contributed by atoms with Crippen LogP contribution in [0.1, 0.15) is 38.0 Å². The minimum atomic E-state index is -0.561. The molecular formula is C20H20N6O2. The van der Waals surface area contributed by atoms with Crippen LogP contribution >= 0.6 is 0 Å². The second-order valence-electron chi connectivity index (χ2n) is 6.59. The molecule has 1 amide bonds. The molecule has 0 bridgehead atoms. The van der Waals surface area contributed by atoms with E-state index in [9.17, 15) is 4.79 Å². The van der Waals surface area contributed by atoms with E-state index in [0.717, 1.165) is 35.3 Å². The van der Waals surface area contributed by atoms with Gasteiger partial charge in [-0.2, -0.15) is 10.1 Å². The average Bonchev–Trinajstić information content (AvgIpc) is 3.35. The first kappa shape index (κ1) is 17.8. The molecule has 0 saturated carbocycles. The molecule has 0 spiro atoms. The molecule has 0 aliphatic rings. The van der Waals surface area contributed by atoms with Gasteiger partial charge in [0.05, 0.1) is 11.9 Å². The zero-order valence-corrected chi connectivity index (χ0v) is 15.4. The summed E-state index contributed by atoms with van der Waals surface area (Å²) >= 11 is 0. The Hall–Kier alpha value is -3.55. The Morgan fingerprint density at radius 2 is 2.07 bits per heavy atom. The van der Waals surface area contributed by atoms with Crippen molar-refractivity contribution in [3.63, 3.8) is 0 Å². The van der Waals surface area contributed by atoms with Gasteiger partial charge in [0.25, 0.3) is 0 Å². The highest BCUT2D eigenvalue weighted by Gasteiger charge is 2.24. The third-order valence-electron chi connectivity index (χ3n) is 4.58. The van der Waals surface area contributed by atoms with Crippen molar-refractivity contribution in [3.8, 4) is 22.6 Å².